The van der Waals surface area contributed by atoms with Gasteiger partial charge in [0.1, 0.15) is 5.75 Å². The van der Waals surface area contributed by atoms with Crippen LogP contribution in [0, 0.1) is 10.1 Å². The lowest BCUT2D eigenvalue weighted by Gasteiger charge is -2.20. The number of carbonyl (C=O) groups is 1. The Hall–Kier alpha value is -3.71. The summed E-state index contributed by atoms with van der Waals surface area (Å²) in [6.07, 6.45) is 3.65. The summed E-state index contributed by atoms with van der Waals surface area (Å²) in [6.45, 7) is 2.48. The van der Waals surface area contributed by atoms with Crippen molar-refractivity contribution < 1.29 is 14.5 Å². The number of nitro groups is 1. The lowest BCUT2D eigenvalue weighted by molar-refractivity contribution is -0.384. The van der Waals surface area contributed by atoms with Crippen molar-refractivity contribution in [1.82, 2.24) is 0 Å². The number of halogens is 1. The van der Waals surface area contributed by atoms with Crippen LogP contribution in [0.5, 0.6) is 5.75 Å². The number of hydrogen-bond donors (Lipinski definition) is 0. The van der Waals surface area contributed by atoms with Crippen molar-refractivity contribution in [3.05, 3.63) is 110 Å². The van der Waals surface area contributed by atoms with Crippen LogP contribution in [-0.4, -0.2) is 17.4 Å². The van der Waals surface area contributed by atoms with E-state index in [9.17, 15) is 14.9 Å². The van der Waals surface area contributed by atoms with E-state index in [1.165, 1.54) is 12.1 Å². The van der Waals surface area contributed by atoms with Gasteiger partial charge < -0.3 is 4.74 Å². The number of nitrogens with zero attached hydrogens (tertiary/aromatic N) is 2. The summed E-state index contributed by atoms with van der Waals surface area (Å²) >= 11 is 3.51. The number of amides is 1. The Morgan fingerprint density at radius 2 is 1.78 bits per heavy atom. The highest BCUT2D eigenvalue weighted by Crippen LogP contribution is 2.36. The van der Waals surface area contributed by atoms with Gasteiger partial charge in [-0.15, -0.1) is 0 Å². The van der Waals surface area contributed by atoms with E-state index < -0.39 is 4.92 Å². The molecule has 0 aliphatic carbocycles. The van der Waals surface area contributed by atoms with Crippen LogP contribution in [0.4, 0.5) is 11.4 Å². The second-order valence-electron chi connectivity index (χ2n) is 7.03. The molecule has 1 amide bonds. The monoisotopic (exact) mass is 490 g/mol. The highest BCUT2D eigenvalue weighted by atomic mass is 79.9. The molecule has 0 unspecified atom stereocenters. The molecule has 160 valence electrons. The average molecular weight is 491 g/mol. The number of anilines is 1. The summed E-state index contributed by atoms with van der Waals surface area (Å²) < 4.78 is 6.36. The molecule has 7 heteroatoms. The number of carbonyl (C=O) groups excluding carboxylic acids is 1. The minimum atomic E-state index is -0.460. The van der Waals surface area contributed by atoms with Crippen LogP contribution in [0.25, 0.3) is 11.8 Å². The molecule has 3 aromatic carbocycles. The van der Waals surface area contributed by atoms with E-state index in [-0.39, 0.29) is 11.6 Å². The number of ether oxygens (including phenoxy) is 1. The van der Waals surface area contributed by atoms with Crippen molar-refractivity contribution in [2.75, 3.05) is 11.5 Å². The number of nitro benzene ring substituents is 1. The fourth-order valence-corrected chi connectivity index (χ4v) is 3.99. The highest BCUT2D eigenvalue weighted by Gasteiger charge is 2.30. The SMILES string of the molecule is CCOc1ccc(/C=C2\C=C(c3ccccc3)N(c3ccc([N+](=O)[O-])cc3)C2=O)cc1Br. The molecule has 6 nitrogen and oxygen atoms in total. The van der Waals surface area contributed by atoms with Crippen molar-refractivity contribution in [2.24, 2.45) is 0 Å². The first kappa shape index (κ1) is 21.5. The van der Waals surface area contributed by atoms with Crippen molar-refractivity contribution in [1.29, 1.82) is 0 Å². The Bertz CT molecular complexity index is 1230. The van der Waals surface area contributed by atoms with Crippen LogP contribution in [0.1, 0.15) is 18.1 Å². The zero-order valence-electron chi connectivity index (χ0n) is 17.2. The van der Waals surface area contributed by atoms with Gasteiger partial charge in [0.25, 0.3) is 11.6 Å². The lowest BCUT2D eigenvalue weighted by atomic mass is 10.1. The van der Waals surface area contributed by atoms with Crippen LogP contribution in [-0.2, 0) is 4.79 Å². The first-order valence-electron chi connectivity index (χ1n) is 9.98. The molecule has 0 N–H and O–H groups in total. The molecule has 0 aromatic heterocycles. The van der Waals surface area contributed by atoms with E-state index in [1.54, 1.807) is 17.0 Å². The molecule has 0 saturated heterocycles. The van der Waals surface area contributed by atoms with Crippen LogP contribution in [0.2, 0.25) is 0 Å². The van der Waals surface area contributed by atoms with E-state index in [0.29, 0.717) is 23.6 Å². The van der Waals surface area contributed by atoms with Crippen LogP contribution in [0.15, 0.2) is 88.9 Å². The third-order valence-corrected chi connectivity index (χ3v) is 5.57. The normalized spacial score (nSPS) is 14.6. The van der Waals surface area contributed by atoms with Crippen molar-refractivity contribution >= 4 is 45.0 Å². The number of benzene rings is 3. The summed E-state index contributed by atoms with van der Waals surface area (Å²) in [5.41, 5.74) is 3.47. The van der Waals surface area contributed by atoms with Gasteiger partial charge in [-0.25, -0.2) is 0 Å². The Labute approximate surface area is 193 Å². The summed E-state index contributed by atoms with van der Waals surface area (Å²) in [5, 5.41) is 11.0. The van der Waals surface area contributed by atoms with E-state index in [1.807, 2.05) is 67.6 Å². The van der Waals surface area contributed by atoms with Crippen molar-refractivity contribution in [3.63, 3.8) is 0 Å². The van der Waals surface area contributed by atoms with Gasteiger partial charge in [0.05, 0.1) is 21.7 Å². The fraction of sp³-hybridized carbons (Fsp3) is 0.0800. The number of rotatable bonds is 6. The van der Waals surface area contributed by atoms with Gasteiger partial charge >= 0.3 is 0 Å². The Balaban J connectivity index is 1.76. The minimum Gasteiger partial charge on any atom is -0.493 e. The van der Waals surface area contributed by atoms with Gasteiger partial charge in [-0.05, 0) is 70.4 Å². The summed E-state index contributed by atoms with van der Waals surface area (Å²) in [4.78, 5) is 25.5. The minimum absolute atomic E-state index is 0.0272. The molecule has 0 saturated carbocycles. The van der Waals surface area contributed by atoms with Crippen LogP contribution >= 0.6 is 15.9 Å². The van der Waals surface area contributed by atoms with Gasteiger partial charge in [-0.2, -0.15) is 0 Å². The van der Waals surface area contributed by atoms with Crippen molar-refractivity contribution in [2.45, 2.75) is 6.92 Å². The Morgan fingerprint density at radius 3 is 2.41 bits per heavy atom. The van der Waals surface area contributed by atoms with Gasteiger partial charge in [0.15, 0.2) is 0 Å². The molecule has 3 aromatic rings. The highest BCUT2D eigenvalue weighted by molar-refractivity contribution is 9.10. The zero-order chi connectivity index (χ0) is 22.7. The predicted molar refractivity (Wildman–Crippen MR) is 128 cm³/mol. The summed E-state index contributed by atoms with van der Waals surface area (Å²) in [5.74, 6) is 0.531. The van der Waals surface area contributed by atoms with Crippen LogP contribution < -0.4 is 9.64 Å². The molecule has 0 spiro atoms. The lowest BCUT2D eigenvalue weighted by Crippen LogP contribution is -2.24. The fourth-order valence-electron chi connectivity index (χ4n) is 3.48. The second-order valence-corrected chi connectivity index (χ2v) is 7.89. The largest absolute Gasteiger partial charge is 0.493 e. The summed E-state index contributed by atoms with van der Waals surface area (Å²) in [7, 11) is 0. The molecule has 32 heavy (non-hydrogen) atoms. The average Bonchev–Trinajstić information content (AvgIpc) is 3.12. The summed E-state index contributed by atoms with van der Waals surface area (Å²) in [6, 6.07) is 21.2. The number of non-ortho nitro benzene ring substituents is 1. The maximum atomic E-state index is 13.4. The molecule has 0 bridgehead atoms. The number of hydrogen-bond acceptors (Lipinski definition) is 4. The molecule has 0 atom stereocenters. The third kappa shape index (κ3) is 4.33. The standard InChI is InChI=1S/C25H19BrN2O4/c1-2-32-24-13-8-17(15-22(24)26)14-19-16-23(18-6-4-3-5-7-18)27(25(19)29)20-9-11-21(12-10-20)28(30)31/h3-16H,2H2,1H3/b19-14+. The van der Waals surface area contributed by atoms with Gasteiger partial charge in [-0.1, -0.05) is 36.4 Å². The first-order chi connectivity index (χ1) is 15.5. The quantitative estimate of drug-likeness (QED) is 0.233. The Morgan fingerprint density at radius 1 is 1.06 bits per heavy atom. The smallest absolute Gasteiger partial charge is 0.269 e. The third-order valence-electron chi connectivity index (χ3n) is 4.95. The van der Waals surface area contributed by atoms with E-state index in [4.69, 9.17) is 4.74 Å². The van der Waals surface area contributed by atoms with E-state index >= 15 is 0 Å². The zero-order valence-corrected chi connectivity index (χ0v) is 18.8. The molecular weight excluding hydrogens is 472 g/mol. The molecular formula is C25H19BrN2O4. The van der Waals surface area contributed by atoms with Gasteiger partial charge in [-0.3, -0.25) is 19.8 Å². The molecule has 1 aliphatic heterocycles. The van der Waals surface area contributed by atoms with E-state index in [0.717, 1.165) is 21.3 Å². The van der Waals surface area contributed by atoms with Gasteiger partial charge in [0.2, 0.25) is 0 Å². The molecule has 4 rings (SSSR count). The van der Waals surface area contributed by atoms with E-state index in [2.05, 4.69) is 15.9 Å². The first-order valence-corrected chi connectivity index (χ1v) is 10.8. The van der Waals surface area contributed by atoms with Crippen LogP contribution in [0.3, 0.4) is 0 Å². The molecule has 0 radical (unpaired) electrons. The predicted octanol–water partition coefficient (Wildman–Crippen LogP) is 6.23. The second kappa shape index (κ2) is 9.20. The maximum Gasteiger partial charge on any atom is 0.269 e. The molecule has 1 aliphatic rings. The molecule has 1 heterocycles. The maximum absolute atomic E-state index is 13.4. The molecule has 0 fully saturated rings. The topological polar surface area (TPSA) is 72.7 Å². The van der Waals surface area contributed by atoms with Crippen molar-refractivity contribution in [3.8, 4) is 5.75 Å². The van der Waals surface area contributed by atoms with Gasteiger partial charge in [0, 0.05) is 23.4 Å². The Kier molecular flexibility index (Phi) is 6.18.